The van der Waals surface area contributed by atoms with Gasteiger partial charge in [0.2, 0.25) is 0 Å². The van der Waals surface area contributed by atoms with Crippen molar-refractivity contribution >= 4 is 11.8 Å². The van der Waals surface area contributed by atoms with Crippen molar-refractivity contribution in [3.05, 3.63) is 24.3 Å². The highest BCUT2D eigenvalue weighted by atomic mass is 32.2. The number of benzene rings is 1. The minimum atomic E-state index is 0.610. The highest BCUT2D eigenvalue weighted by Crippen LogP contribution is 2.18. The molecule has 0 heterocycles. The Labute approximate surface area is 114 Å². The highest BCUT2D eigenvalue weighted by Gasteiger charge is 2.01. The summed E-state index contributed by atoms with van der Waals surface area (Å²) in [7, 11) is 0. The van der Waals surface area contributed by atoms with Crippen LogP contribution in [-0.4, -0.2) is 30.8 Å². The first kappa shape index (κ1) is 15.2. The van der Waals surface area contributed by atoms with Crippen molar-refractivity contribution < 1.29 is 9.47 Å². The van der Waals surface area contributed by atoms with Crippen LogP contribution < -0.4 is 15.2 Å². The van der Waals surface area contributed by atoms with Gasteiger partial charge in [0.25, 0.3) is 0 Å². The van der Waals surface area contributed by atoms with Crippen LogP contribution in [0.25, 0.3) is 0 Å². The number of rotatable bonds is 9. The predicted molar refractivity (Wildman–Crippen MR) is 78.7 cm³/mol. The number of hydrogen-bond donors (Lipinski definition) is 1. The van der Waals surface area contributed by atoms with Gasteiger partial charge in [0.1, 0.15) is 11.5 Å². The van der Waals surface area contributed by atoms with Crippen molar-refractivity contribution in [2.75, 3.05) is 25.5 Å². The first-order valence-corrected chi connectivity index (χ1v) is 7.48. The van der Waals surface area contributed by atoms with Gasteiger partial charge in [-0.1, -0.05) is 6.92 Å². The van der Waals surface area contributed by atoms with Crippen molar-refractivity contribution in [3.8, 4) is 11.5 Å². The molecule has 1 aromatic carbocycles. The molecule has 0 bridgehead atoms. The molecule has 0 aliphatic heterocycles. The largest absolute Gasteiger partial charge is 0.494 e. The normalized spacial score (nSPS) is 12.2. The second-order valence-corrected chi connectivity index (χ2v) is 5.56. The van der Waals surface area contributed by atoms with E-state index in [-0.39, 0.29) is 0 Å². The molecule has 0 radical (unpaired) electrons. The maximum absolute atomic E-state index is 5.66. The second-order valence-electron chi connectivity index (χ2n) is 4.01. The summed E-state index contributed by atoms with van der Waals surface area (Å²) in [6.07, 6.45) is 1.06. The SMILES string of the molecule is CCOc1ccc(OCCSC(C)CCN)cc1. The second kappa shape index (κ2) is 9.11. The fraction of sp³-hybridized carbons (Fsp3) is 0.571. The van der Waals surface area contributed by atoms with Crippen molar-refractivity contribution in [2.24, 2.45) is 5.73 Å². The van der Waals surface area contributed by atoms with Gasteiger partial charge < -0.3 is 15.2 Å². The van der Waals surface area contributed by atoms with Crippen molar-refractivity contribution in [1.82, 2.24) is 0 Å². The molecule has 1 atom stereocenters. The summed E-state index contributed by atoms with van der Waals surface area (Å²) in [5.74, 6) is 2.77. The number of thioether (sulfide) groups is 1. The van der Waals surface area contributed by atoms with Crippen LogP contribution in [0, 0.1) is 0 Å². The summed E-state index contributed by atoms with van der Waals surface area (Å²) in [6.45, 7) is 6.36. The van der Waals surface area contributed by atoms with Crippen LogP contribution in [0.15, 0.2) is 24.3 Å². The molecule has 18 heavy (non-hydrogen) atoms. The summed E-state index contributed by atoms with van der Waals surface area (Å²) in [5, 5.41) is 0.610. The van der Waals surface area contributed by atoms with E-state index < -0.39 is 0 Å². The van der Waals surface area contributed by atoms with E-state index in [1.54, 1.807) is 0 Å². The zero-order valence-corrected chi connectivity index (χ0v) is 12.0. The zero-order chi connectivity index (χ0) is 13.2. The lowest BCUT2D eigenvalue weighted by atomic mass is 10.3. The quantitative estimate of drug-likeness (QED) is 0.700. The van der Waals surface area contributed by atoms with E-state index >= 15 is 0 Å². The number of hydrogen-bond acceptors (Lipinski definition) is 4. The van der Waals surface area contributed by atoms with Crippen LogP contribution in [-0.2, 0) is 0 Å². The van der Waals surface area contributed by atoms with E-state index in [9.17, 15) is 0 Å². The van der Waals surface area contributed by atoms with E-state index in [4.69, 9.17) is 15.2 Å². The van der Waals surface area contributed by atoms with Crippen molar-refractivity contribution in [3.63, 3.8) is 0 Å². The molecule has 0 fully saturated rings. The van der Waals surface area contributed by atoms with Crippen LogP contribution in [0.3, 0.4) is 0 Å². The molecule has 2 N–H and O–H groups in total. The molecule has 3 nitrogen and oxygen atoms in total. The van der Waals surface area contributed by atoms with Crippen LogP contribution in [0.4, 0.5) is 0 Å². The molecule has 102 valence electrons. The van der Waals surface area contributed by atoms with E-state index in [0.29, 0.717) is 11.9 Å². The van der Waals surface area contributed by atoms with Gasteiger partial charge in [-0.3, -0.25) is 0 Å². The maximum Gasteiger partial charge on any atom is 0.119 e. The molecular formula is C14H23NO2S. The summed E-state index contributed by atoms with van der Waals surface area (Å²) >= 11 is 1.90. The molecule has 0 spiro atoms. The third-order valence-electron chi connectivity index (χ3n) is 2.46. The van der Waals surface area contributed by atoms with E-state index in [1.807, 2.05) is 43.0 Å². The van der Waals surface area contributed by atoms with E-state index in [1.165, 1.54) is 0 Å². The number of ether oxygens (including phenoxy) is 2. The smallest absolute Gasteiger partial charge is 0.119 e. The fourth-order valence-corrected chi connectivity index (χ4v) is 2.41. The average Bonchev–Trinajstić information content (AvgIpc) is 2.37. The topological polar surface area (TPSA) is 44.5 Å². The molecule has 1 rings (SSSR count). The first-order chi connectivity index (χ1) is 8.76. The molecule has 0 saturated heterocycles. The van der Waals surface area contributed by atoms with Gasteiger partial charge in [0.05, 0.1) is 13.2 Å². The van der Waals surface area contributed by atoms with Crippen molar-refractivity contribution in [1.29, 1.82) is 0 Å². The average molecular weight is 269 g/mol. The summed E-state index contributed by atoms with van der Waals surface area (Å²) in [4.78, 5) is 0. The van der Waals surface area contributed by atoms with Gasteiger partial charge in [-0.05, 0) is 44.2 Å². The van der Waals surface area contributed by atoms with Gasteiger partial charge in [0.15, 0.2) is 0 Å². The van der Waals surface area contributed by atoms with Gasteiger partial charge in [-0.15, -0.1) is 0 Å². The van der Waals surface area contributed by atoms with Crippen LogP contribution in [0.5, 0.6) is 11.5 Å². The minimum absolute atomic E-state index is 0.610. The summed E-state index contributed by atoms with van der Waals surface area (Å²) < 4.78 is 11.0. The predicted octanol–water partition coefficient (Wildman–Crippen LogP) is 2.93. The Balaban J connectivity index is 2.19. The molecule has 0 aliphatic rings. The first-order valence-electron chi connectivity index (χ1n) is 6.43. The maximum atomic E-state index is 5.66. The lowest BCUT2D eigenvalue weighted by Crippen LogP contribution is -2.09. The molecule has 4 heteroatoms. The summed E-state index contributed by atoms with van der Waals surface area (Å²) in [6, 6.07) is 7.75. The zero-order valence-electron chi connectivity index (χ0n) is 11.2. The van der Waals surface area contributed by atoms with Gasteiger partial charge in [-0.25, -0.2) is 0 Å². The Bertz CT molecular complexity index is 316. The Morgan fingerprint density at radius 2 is 1.78 bits per heavy atom. The van der Waals surface area contributed by atoms with E-state index in [2.05, 4.69) is 6.92 Å². The fourth-order valence-electron chi connectivity index (χ4n) is 1.53. The molecule has 1 aromatic rings. The Morgan fingerprint density at radius 3 is 2.33 bits per heavy atom. The van der Waals surface area contributed by atoms with E-state index in [0.717, 1.165) is 36.8 Å². The van der Waals surface area contributed by atoms with Gasteiger partial charge in [-0.2, -0.15) is 11.8 Å². The Morgan fingerprint density at radius 1 is 1.17 bits per heavy atom. The monoisotopic (exact) mass is 269 g/mol. The molecule has 1 unspecified atom stereocenters. The van der Waals surface area contributed by atoms with Crippen LogP contribution >= 0.6 is 11.8 Å². The molecule has 0 saturated carbocycles. The van der Waals surface area contributed by atoms with Crippen LogP contribution in [0.1, 0.15) is 20.3 Å². The lowest BCUT2D eigenvalue weighted by molar-refractivity contribution is 0.332. The summed E-state index contributed by atoms with van der Waals surface area (Å²) in [5.41, 5.74) is 5.51. The third kappa shape index (κ3) is 6.17. The number of nitrogens with two attached hydrogens (primary N) is 1. The van der Waals surface area contributed by atoms with Crippen molar-refractivity contribution in [2.45, 2.75) is 25.5 Å². The minimum Gasteiger partial charge on any atom is -0.494 e. The molecule has 0 aromatic heterocycles. The molecule has 0 aliphatic carbocycles. The third-order valence-corrected chi connectivity index (χ3v) is 3.67. The molecule has 0 amide bonds. The Hall–Kier alpha value is -0.870. The highest BCUT2D eigenvalue weighted by molar-refractivity contribution is 7.99. The van der Waals surface area contributed by atoms with Crippen LogP contribution in [0.2, 0.25) is 0 Å². The standard InChI is InChI=1S/C14H23NO2S/c1-3-16-13-4-6-14(7-5-13)17-10-11-18-12(2)8-9-15/h4-7,12H,3,8-11,15H2,1-2H3. The van der Waals surface area contributed by atoms with Gasteiger partial charge in [0, 0.05) is 11.0 Å². The lowest BCUT2D eigenvalue weighted by Gasteiger charge is -2.11. The molecular weight excluding hydrogens is 246 g/mol. The van der Waals surface area contributed by atoms with Gasteiger partial charge >= 0.3 is 0 Å². The Kier molecular flexibility index (Phi) is 7.69.